The molecule has 0 radical (unpaired) electrons. The molecule has 3 N–H and O–H groups in total. The van der Waals surface area contributed by atoms with E-state index >= 15 is 0 Å². The van der Waals surface area contributed by atoms with Gasteiger partial charge in [0.15, 0.2) is 0 Å². The number of nitrogens with two attached hydrogens (primary N) is 1. The Morgan fingerprint density at radius 1 is 1.29 bits per heavy atom. The summed E-state index contributed by atoms with van der Waals surface area (Å²) in [4.78, 5) is 11.8. The van der Waals surface area contributed by atoms with Gasteiger partial charge in [-0.1, -0.05) is 19.3 Å². The first-order chi connectivity index (χ1) is 8.25. The molecule has 1 saturated carbocycles. The van der Waals surface area contributed by atoms with Crippen molar-refractivity contribution in [2.24, 2.45) is 11.7 Å². The van der Waals surface area contributed by atoms with Gasteiger partial charge in [-0.2, -0.15) is 11.8 Å². The molecule has 17 heavy (non-hydrogen) atoms. The van der Waals surface area contributed by atoms with E-state index in [-0.39, 0.29) is 17.9 Å². The molecule has 0 aromatic rings. The summed E-state index contributed by atoms with van der Waals surface area (Å²) in [6.07, 6.45) is 10.1. The normalized spacial score (nSPS) is 23.9. The van der Waals surface area contributed by atoms with E-state index in [1.165, 1.54) is 25.0 Å². The van der Waals surface area contributed by atoms with E-state index in [1.54, 1.807) is 0 Å². The molecule has 0 spiro atoms. The van der Waals surface area contributed by atoms with E-state index in [2.05, 4.69) is 11.6 Å². The molecular weight excluding hydrogens is 232 g/mol. The highest BCUT2D eigenvalue weighted by Crippen LogP contribution is 2.23. The Hall–Kier alpha value is -0.220. The maximum Gasteiger partial charge on any atom is 0.224 e. The molecule has 0 bridgehead atoms. The predicted octanol–water partition coefficient (Wildman–Crippen LogP) is 2.15. The van der Waals surface area contributed by atoms with Crippen molar-refractivity contribution in [1.29, 1.82) is 0 Å². The highest BCUT2D eigenvalue weighted by Gasteiger charge is 2.29. The first-order valence-electron chi connectivity index (χ1n) is 6.78. The van der Waals surface area contributed by atoms with Crippen LogP contribution in [0.1, 0.15) is 44.9 Å². The Kier molecular flexibility index (Phi) is 7.69. The van der Waals surface area contributed by atoms with Gasteiger partial charge in [0.05, 0.1) is 5.92 Å². The van der Waals surface area contributed by atoms with E-state index in [4.69, 9.17) is 5.73 Å². The molecule has 0 aromatic heterocycles. The van der Waals surface area contributed by atoms with Gasteiger partial charge in [0.25, 0.3) is 0 Å². The molecule has 1 aliphatic rings. The lowest BCUT2D eigenvalue weighted by atomic mass is 10.0. The number of carbonyl (C=O) groups is 1. The lowest BCUT2D eigenvalue weighted by molar-refractivity contribution is -0.125. The molecule has 100 valence electrons. The third-order valence-electron chi connectivity index (χ3n) is 3.48. The fourth-order valence-electron chi connectivity index (χ4n) is 2.38. The number of rotatable bonds is 8. The predicted molar refractivity (Wildman–Crippen MR) is 75.2 cm³/mol. The minimum atomic E-state index is 0.0755. The first-order valence-corrected chi connectivity index (χ1v) is 8.17. The molecule has 0 aromatic carbocycles. The molecular formula is C13H26N2OS. The average Bonchev–Trinajstić information content (AvgIpc) is 2.74. The van der Waals surface area contributed by atoms with Crippen molar-refractivity contribution in [1.82, 2.24) is 5.32 Å². The minimum absolute atomic E-state index is 0.0755. The number of amides is 1. The third-order valence-corrected chi connectivity index (χ3v) is 4.18. The highest BCUT2D eigenvalue weighted by atomic mass is 32.2. The second-order valence-corrected chi connectivity index (χ2v) is 5.88. The summed E-state index contributed by atoms with van der Waals surface area (Å²) in [6.45, 7) is 0.821. The smallest absolute Gasteiger partial charge is 0.224 e. The van der Waals surface area contributed by atoms with Crippen LogP contribution in [-0.2, 0) is 4.79 Å². The van der Waals surface area contributed by atoms with Crippen molar-refractivity contribution in [2.45, 2.75) is 51.0 Å². The number of thioether (sulfide) groups is 1. The maximum absolute atomic E-state index is 11.8. The number of unbranched alkanes of at least 4 members (excludes halogenated alkanes) is 3. The van der Waals surface area contributed by atoms with E-state index in [0.717, 1.165) is 32.2 Å². The fourth-order valence-corrected chi connectivity index (χ4v) is 2.87. The van der Waals surface area contributed by atoms with Gasteiger partial charge in [0.2, 0.25) is 5.91 Å². The zero-order valence-corrected chi connectivity index (χ0v) is 11.7. The monoisotopic (exact) mass is 258 g/mol. The second kappa shape index (κ2) is 8.81. The Bertz CT molecular complexity index is 223. The molecule has 4 heteroatoms. The van der Waals surface area contributed by atoms with Gasteiger partial charge >= 0.3 is 0 Å². The van der Waals surface area contributed by atoms with E-state index < -0.39 is 0 Å². The number of hydrogen-bond acceptors (Lipinski definition) is 3. The molecule has 1 fully saturated rings. The topological polar surface area (TPSA) is 55.1 Å². The molecule has 2 atom stereocenters. The molecule has 0 aliphatic heterocycles. The Morgan fingerprint density at radius 2 is 2.06 bits per heavy atom. The lowest BCUT2D eigenvalue weighted by Gasteiger charge is -2.14. The summed E-state index contributed by atoms with van der Waals surface area (Å²) in [7, 11) is 0. The summed E-state index contributed by atoms with van der Waals surface area (Å²) in [5.41, 5.74) is 5.90. The zero-order valence-electron chi connectivity index (χ0n) is 10.9. The van der Waals surface area contributed by atoms with Crippen molar-refractivity contribution >= 4 is 17.7 Å². The van der Waals surface area contributed by atoms with Crippen molar-refractivity contribution in [3.05, 3.63) is 0 Å². The zero-order chi connectivity index (χ0) is 12.5. The van der Waals surface area contributed by atoms with E-state index in [9.17, 15) is 4.79 Å². The summed E-state index contributed by atoms with van der Waals surface area (Å²) in [6, 6.07) is 0.0941. The van der Waals surface area contributed by atoms with Gasteiger partial charge in [0, 0.05) is 12.6 Å². The number of hydrogen-bond donors (Lipinski definition) is 2. The number of nitrogens with one attached hydrogen (secondary N) is 1. The Labute approximate surface area is 109 Å². The molecule has 0 heterocycles. The van der Waals surface area contributed by atoms with Crippen LogP contribution in [-0.4, -0.2) is 30.5 Å². The second-order valence-electron chi connectivity index (χ2n) is 4.90. The van der Waals surface area contributed by atoms with Crippen LogP contribution in [0.15, 0.2) is 0 Å². The van der Waals surface area contributed by atoms with Gasteiger partial charge in [0.1, 0.15) is 0 Å². The average molecular weight is 258 g/mol. The van der Waals surface area contributed by atoms with Crippen LogP contribution in [0, 0.1) is 5.92 Å². The van der Waals surface area contributed by atoms with Crippen molar-refractivity contribution in [3.63, 3.8) is 0 Å². The summed E-state index contributed by atoms with van der Waals surface area (Å²) in [5, 5.41) is 3.02. The largest absolute Gasteiger partial charge is 0.356 e. The van der Waals surface area contributed by atoms with Crippen LogP contribution >= 0.6 is 11.8 Å². The van der Waals surface area contributed by atoms with Crippen molar-refractivity contribution in [2.75, 3.05) is 18.6 Å². The lowest BCUT2D eigenvalue weighted by Crippen LogP contribution is -2.38. The van der Waals surface area contributed by atoms with E-state index in [0.29, 0.717) is 0 Å². The standard InChI is InChI=1S/C13H26N2OS/c1-17-10-5-3-2-4-9-15-13(16)11-7-6-8-12(11)14/h11-12H,2-10,14H2,1H3,(H,15,16). The Balaban J connectivity index is 1.97. The minimum Gasteiger partial charge on any atom is -0.356 e. The van der Waals surface area contributed by atoms with Crippen LogP contribution in [0.4, 0.5) is 0 Å². The summed E-state index contributed by atoms with van der Waals surface area (Å²) in [5.74, 6) is 1.51. The maximum atomic E-state index is 11.8. The van der Waals surface area contributed by atoms with E-state index in [1.807, 2.05) is 11.8 Å². The van der Waals surface area contributed by atoms with Gasteiger partial charge in [-0.3, -0.25) is 4.79 Å². The van der Waals surface area contributed by atoms with Gasteiger partial charge in [-0.25, -0.2) is 0 Å². The third kappa shape index (κ3) is 5.77. The van der Waals surface area contributed by atoms with Crippen LogP contribution < -0.4 is 11.1 Å². The quantitative estimate of drug-likeness (QED) is 0.656. The molecule has 2 unspecified atom stereocenters. The summed E-state index contributed by atoms with van der Waals surface area (Å²) < 4.78 is 0. The van der Waals surface area contributed by atoms with Crippen LogP contribution in [0.3, 0.4) is 0 Å². The van der Waals surface area contributed by atoms with Gasteiger partial charge in [-0.15, -0.1) is 0 Å². The SMILES string of the molecule is CSCCCCCCNC(=O)C1CCCC1N. The Morgan fingerprint density at radius 3 is 2.71 bits per heavy atom. The molecule has 1 amide bonds. The molecule has 1 aliphatic carbocycles. The van der Waals surface area contributed by atoms with Crippen LogP contribution in [0.2, 0.25) is 0 Å². The van der Waals surface area contributed by atoms with Crippen LogP contribution in [0.25, 0.3) is 0 Å². The molecule has 1 rings (SSSR count). The van der Waals surface area contributed by atoms with Gasteiger partial charge in [-0.05, 0) is 37.7 Å². The highest BCUT2D eigenvalue weighted by molar-refractivity contribution is 7.98. The molecule has 3 nitrogen and oxygen atoms in total. The first kappa shape index (κ1) is 14.8. The fraction of sp³-hybridized carbons (Fsp3) is 0.923. The van der Waals surface area contributed by atoms with Gasteiger partial charge < -0.3 is 11.1 Å². The van der Waals surface area contributed by atoms with Crippen LogP contribution in [0.5, 0.6) is 0 Å². The molecule has 0 saturated heterocycles. The number of carbonyl (C=O) groups excluding carboxylic acids is 1. The van der Waals surface area contributed by atoms with Crippen molar-refractivity contribution in [3.8, 4) is 0 Å². The summed E-state index contributed by atoms with van der Waals surface area (Å²) >= 11 is 1.90. The van der Waals surface area contributed by atoms with Crippen molar-refractivity contribution < 1.29 is 4.79 Å².